The molecule has 0 aliphatic carbocycles. The number of halogens is 1. The van der Waals surface area contributed by atoms with Crippen molar-refractivity contribution in [2.45, 2.75) is 50.6 Å². The second-order valence-corrected chi connectivity index (χ2v) is 13.0. The maximum absolute atomic E-state index is 14.6. The van der Waals surface area contributed by atoms with E-state index in [1.54, 1.807) is 67.6 Å². The predicted octanol–water partition coefficient (Wildman–Crippen LogP) is 6.49. The monoisotopic (exact) mass is 661 g/mol. The van der Waals surface area contributed by atoms with E-state index in [0.717, 1.165) is 22.7 Å². The van der Waals surface area contributed by atoms with Gasteiger partial charge >= 0.3 is 0 Å². The molecule has 0 bridgehead atoms. The van der Waals surface area contributed by atoms with Gasteiger partial charge in [0.05, 0.1) is 17.2 Å². The van der Waals surface area contributed by atoms with Gasteiger partial charge in [-0.25, -0.2) is 8.42 Å². The van der Waals surface area contributed by atoms with Crippen LogP contribution in [0.4, 0.5) is 5.69 Å². The molecule has 0 aliphatic rings. The highest BCUT2D eigenvalue weighted by atomic mass is 35.5. The summed E-state index contributed by atoms with van der Waals surface area (Å²) in [4.78, 5) is 29.9. The minimum atomic E-state index is -4.24. The Hall–Kier alpha value is -4.34. The number of hydrogen-bond donors (Lipinski definition) is 1. The molecule has 1 N–H and O–H groups in total. The van der Waals surface area contributed by atoms with Crippen LogP contribution in [0.25, 0.3) is 0 Å². The molecule has 0 spiro atoms. The Kier molecular flexibility index (Phi) is 12.6. The van der Waals surface area contributed by atoms with Crippen molar-refractivity contribution >= 4 is 39.1 Å². The van der Waals surface area contributed by atoms with Gasteiger partial charge in [-0.2, -0.15) is 0 Å². The van der Waals surface area contributed by atoms with Crippen LogP contribution in [0.3, 0.4) is 0 Å². The summed E-state index contributed by atoms with van der Waals surface area (Å²) in [6.45, 7) is 4.04. The molecule has 4 aromatic carbocycles. The molecule has 10 heteroatoms. The second-order valence-electron chi connectivity index (χ2n) is 10.7. The Balaban J connectivity index is 1.82. The van der Waals surface area contributed by atoms with E-state index in [2.05, 4.69) is 5.32 Å². The largest absolute Gasteiger partial charge is 0.492 e. The summed E-state index contributed by atoms with van der Waals surface area (Å²) in [6.07, 6.45) is 1.90. The number of nitrogens with one attached hydrogen (secondary N) is 1. The van der Waals surface area contributed by atoms with Crippen molar-refractivity contribution in [3.8, 4) is 5.75 Å². The Bertz CT molecular complexity index is 1690. The lowest BCUT2D eigenvalue weighted by Gasteiger charge is -2.34. The quantitative estimate of drug-likeness (QED) is 0.139. The number of sulfonamides is 1. The van der Waals surface area contributed by atoms with Gasteiger partial charge in [-0.15, -0.1) is 0 Å². The van der Waals surface area contributed by atoms with E-state index in [-0.39, 0.29) is 29.5 Å². The summed E-state index contributed by atoms with van der Waals surface area (Å²) in [5, 5.41) is 3.47. The highest BCUT2D eigenvalue weighted by molar-refractivity contribution is 7.92. The number of hydrogen-bond acceptors (Lipinski definition) is 5. The summed E-state index contributed by atoms with van der Waals surface area (Å²) in [7, 11) is -4.24. The maximum atomic E-state index is 14.6. The van der Waals surface area contributed by atoms with Gasteiger partial charge in [0.1, 0.15) is 18.3 Å². The molecule has 1 atom stereocenters. The van der Waals surface area contributed by atoms with Gasteiger partial charge < -0.3 is 15.0 Å². The number of para-hydroxylation sites is 2. The fourth-order valence-electron chi connectivity index (χ4n) is 5.07. The molecule has 0 radical (unpaired) electrons. The first-order valence-corrected chi connectivity index (χ1v) is 17.2. The highest BCUT2D eigenvalue weighted by Gasteiger charge is 2.35. The number of carbonyl (C=O) groups excluding carboxylic acids is 2. The predicted molar refractivity (Wildman–Crippen MR) is 182 cm³/mol. The molecule has 0 saturated carbocycles. The summed E-state index contributed by atoms with van der Waals surface area (Å²) in [5.41, 5.74) is 1.78. The zero-order valence-corrected chi connectivity index (χ0v) is 27.7. The summed E-state index contributed by atoms with van der Waals surface area (Å²) >= 11 is 6.32. The van der Waals surface area contributed by atoms with Crippen molar-refractivity contribution in [1.29, 1.82) is 0 Å². The third-order valence-electron chi connectivity index (χ3n) is 7.39. The van der Waals surface area contributed by atoms with E-state index in [0.29, 0.717) is 29.5 Å². The lowest BCUT2D eigenvalue weighted by molar-refractivity contribution is -0.140. The van der Waals surface area contributed by atoms with E-state index < -0.39 is 28.5 Å². The maximum Gasteiger partial charge on any atom is 0.264 e. The third-order valence-corrected chi connectivity index (χ3v) is 9.40. The van der Waals surface area contributed by atoms with E-state index in [1.165, 1.54) is 17.0 Å². The fraction of sp³-hybridized carbons (Fsp3) is 0.278. The van der Waals surface area contributed by atoms with Gasteiger partial charge in [0, 0.05) is 24.5 Å². The van der Waals surface area contributed by atoms with Crippen LogP contribution >= 0.6 is 11.6 Å². The van der Waals surface area contributed by atoms with Crippen LogP contribution in [0.15, 0.2) is 114 Å². The number of carbonyl (C=O) groups is 2. The second kappa shape index (κ2) is 16.8. The molecule has 46 heavy (non-hydrogen) atoms. The molecule has 2 amide bonds. The Morgan fingerprint density at radius 3 is 2.17 bits per heavy atom. The Labute approximate surface area is 277 Å². The van der Waals surface area contributed by atoms with Crippen LogP contribution in [0.2, 0.25) is 5.02 Å². The molecule has 0 heterocycles. The molecule has 0 aliphatic heterocycles. The molecule has 0 unspecified atom stereocenters. The molecule has 4 aromatic rings. The molecular weight excluding hydrogens is 622 g/mol. The van der Waals surface area contributed by atoms with Crippen LogP contribution in [-0.2, 0) is 32.6 Å². The van der Waals surface area contributed by atoms with Crippen LogP contribution < -0.4 is 14.4 Å². The molecule has 0 fully saturated rings. The number of nitrogens with zero attached hydrogens (tertiary/aromatic N) is 2. The normalized spacial score (nSPS) is 11.8. The Morgan fingerprint density at radius 1 is 0.848 bits per heavy atom. The van der Waals surface area contributed by atoms with E-state index in [9.17, 15) is 18.0 Å². The van der Waals surface area contributed by atoms with Gasteiger partial charge in [-0.3, -0.25) is 13.9 Å². The van der Waals surface area contributed by atoms with Crippen molar-refractivity contribution in [3.05, 3.63) is 125 Å². The van der Waals surface area contributed by atoms with Crippen molar-refractivity contribution in [2.24, 2.45) is 0 Å². The molecular formula is C36H40ClN3O5S. The number of unbranched alkanes of at least 4 members (excludes halogenated alkanes) is 1. The lowest BCUT2D eigenvalue weighted by Crippen LogP contribution is -2.53. The summed E-state index contributed by atoms with van der Waals surface area (Å²) < 4.78 is 35.3. The first kappa shape index (κ1) is 34.5. The number of ether oxygens (including phenoxy) is 1. The van der Waals surface area contributed by atoms with Crippen LogP contribution in [0.5, 0.6) is 5.75 Å². The van der Waals surface area contributed by atoms with Gasteiger partial charge in [0.2, 0.25) is 11.8 Å². The van der Waals surface area contributed by atoms with Crippen LogP contribution in [-0.4, -0.2) is 50.9 Å². The standard InChI is InChI=1S/C36H40ClN3O5S/c1-3-5-23-38-36(42)33(25-28-15-8-6-9-16-28)39(26-29-17-14-18-30(37)24-29)35(41)27-40(32-21-12-13-22-34(32)45-4-2)46(43,44)31-19-10-7-11-20-31/h6-22,24,33H,3-5,23,25-27H2,1-2H3,(H,38,42)/t33-/m0/s1. The third kappa shape index (κ3) is 9.11. The lowest BCUT2D eigenvalue weighted by atomic mass is 10.0. The SMILES string of the molecule is CCCCNC(=O)[C@H](Cc1ccccc1)N(Cc1cccc(Cl)c1)C(=O)CN(c1ccccc1OCC)S(=O)(=O)c1ccccc1. The first-order valence-electron chi connectivity index (χ1n) is 15.4. The van der Waals surface area contributed by atoms with Crippen molar-refractivity contribution < 1.29 is 22.7 Å². The van der Waals surface area contributed by atoms with E-state index in [1.807, 2.05) is 43.3 Å². The number of benzene rings is 4. The van der Waals surface area contributed by atoms with E-state index in [4.69, 9.17) is 16.3 Å². The number of anilines is 1. The average Bonchev–Trinajstić information content (AvgIpc) is 3.06. The van der Waals surface area contributed by atoms with Crippen LogP contribution in [0.1, 0.15) is 37.8 Å². The Morgan fingerprint density at radius 2 is 1.50 bits per heavy atom. The van der Waals surface area contributed by atoms with Gasteiger partial charge in [-0.05, 0) is 60.9 Å². The van der Waals surface area contributed by atoms with Crippen molar-refractivity contribution in [3.63, 3.8) is 0 Å². The number of rotatable bonds is 16. The first-order chi connectivity index (χ1) is 22.2. The molecule has 242 valence electrons. The highest BCUT2D eigenvalue weighted by Crippen LogP contribution is 2.33. The van der Waals surface area contributed by atoms with Crippen molar-refractivity contribution in [2.75, 3.05) is 24.0 Å². The average molecular weight is 662 g/mol. The smallest absolute Gasteiger partial charge is 0.264 e. The fourth-order valence-corrected chi connectivity index (χ4v) is 6.72. The molecule has 0 aromatic heterocycles. The van der Waals surface area contributed by atoms with Gasteiger partial charge in [0.25, 0.3) is 10.0 Å². The zero-order valence-electron chi connectivity index (χ0n) is 26.1. The minimum Gasteiger partial charge on any atom is -0.492 e. The van der Waals surface area contributed by atoms with E-state index >= 15 is 0 Å². The van der Waals surface area contributed by atoms with Crippen LogP contribution in [0, 0.1) is 0 Å². The molecule has 8 nitrogen and oxygen atoms in total. The van der Waals surface area contributed by atoms with Gasteiger partial charge in [-0.1, -0.05) is 97.7 Å². The topological polar surface area (TPSA) is 96.0 Å². The van der Waals surface area contributed by atoms with Crippen molar-refractivity contribution in [1.82, 2.24) is 10.2 Å². The summed E-state index contributed by atoms with van der Waals surface area (Å²) in [5.74, 6) is -0.561. The molecule has 0 saturated heterocycles. The van der Waals surface area contributed by atoms with Gasteiger partial charge in [0.15, 0.2) is 0 Å². The summed E-state index contributed by atoms with van der Waals surface area (Å²) in [6, 6.07) is 30.2. The molecule has 4 rings (SSSR count). The number of amides is 2. The minimum absolute atomic E-state index is 0.0219. The zero-order chi connectivity index (χ0) is 32.9.